The van der Waals surface area contributed by atoms with Gasteiger partial charge < -0.3 is 20.2 Å². The summed E-state index contributed by atoms with van der Waals surface area (Å²) >= 11 is 0. The smallest absolute Gasteiger partial charge is 0.323 e. The van der Waals surface area contributed by atoms with Gasteiger partial charge in [0.25, 0.3) is 5.91 Å². The Bertz CT molecular complexity index is 477. The molecular weight excluding hydrogens is 244 g/mol. The maximum Gasteiger partial charge on any atom is 0.323 e. The molecule has 1 saturated heterocycles. The molecule has 6 nitrogen and oxygen atoms in total. The number of imidazole rings is 1. The largest absolute Gasteiger partial charge is 0.337 e. The Labute approximate surface area is 112 Å². The van der Waals surface area contributed by atoms with Crippen molar-refractivity contribution in [2.75, 3.05) is 19.6 Å². The fourth-order valence-corrected chi connectivity index (χ4v) is 2.44. The topological polar surface area (TPSA) is 81.0 Å². The predicted octanol–water partition coefficient (Wildman–Crippen LogP) is 0.553. The zero-order valence-electron chi connectivity index (χ0n) is 11.5. The summed E-state index contributed by atoms with van der Waals surface area (Å²) in [6.45, 7) is 6.70. The molecular formula is C13H22N4O2. The standard InChI is InChI=1S/C13H22N4O2/c1-9(2)14-6-10-4-3-5-17(8-10)12(18)11-7-15-13(19)16-11/h7,9-10,14H,3-6,8H2,1-2H3,(H2,15,16,19). The summed E-state index contributed by atoms with van der Waals surface area (Å²) in [7, 11) is 0. The molecule has 3 N–H and O–H groups in total. The summed E-state index contributed by atoms with van der Waals surface area (Å²) in [5, 5.41) is 3.42. The van der Waals surface area contributed by atoms with Crippen LogP contribution in [0.25, 0.3) is 0 Å². The maximum absolute atomic E-state index is 12.2. The quantitative estimate of drug-likeness (QED) is 0.744. The van der Waals surface area contributed by atoms with Gasteiger partial charge in [-0.25, -0.2) is 4.79 Å². The lowest BCUT2D eigenvalue weighted by molar-refractivity contribution is 0.0666. The first-order valence-electron chi connectivity index (χ1n) is 6.86. The van der Waals surface area contributed by atoms with Crippen molar-refractivity contribution in [2.45, 2.75) is 32.7 Å². The molecule has 0 aliphatic carbocycles. The van der Waals surface area contributed by atoms with Crippen LogP contribution in [0.2, 0.25) is 0 Å². The van der Waals surface area contributed by atoms with E-state index in [2.05, 4.69) is 29.1 Å². The molecule has 2 heterocycles. The van der Waals surface area contributed by atoms with Crippen LogP contribution in [0.4, 0.5) is 0 Å². The monoisotopic (exact) mass is 266 g/mol. The Morgan fingerprint density at radius 1 is 1.58 bits per heavy atom. The molecule has 2 rings (SSSR count). The van der Waals surface area contributed by atoms with Gasteiger partial charge in [-0.05, 0) is 25.3 Å². The van der Waals surface area contributed by atoms with E-state index >= 15 is 0 Å². The minimum Gasteiger partial charge on any atom is -0.337 e. The van der Waals surface area contributed by atoms with E-state index in [4.69, 9.17) is 0 Å². The van der Waals surface area contributed by atoms with Crippen LogP contribution < -0.4 is 11.0 Å². The van der Waals surface area contributed by atoms with Crippen LogP contribution in [0, 0.1) is 5.92 Å². The summed E-state index contributed by atoms with van der Waals surface area (Å²) in [4.78, 5) is 30.1. The van der Waals surface area contributed by atoms with Crippen molar-refractivity contribution in [1.82, 2.24) is 20.2 Å². The predicted molar refractivity (Wildman–Crippen MR) is 73.2 cm³/mol. The Hall–Kier alpha value is -1.56. The van der Waals surface area contributed by atoms with E-state index in [1.807, 2.05) is 4.90 Å². The Kier molecular flexibility index (Phi) is 4.42. The number of hydrogen-bond acceptors (Lipinski definition) is 3. The first-order valence-corrected chi connectivity index (χ1v) is 6.86. The first kappa shape index (κ1) is 13.9. The van der Waals surface area contributed by atoms with Crippen LogP contribution in [0.15, 0.2) is 11.0 Å². The number of aromatic amines is 2. The molecule has 106 valence electrons. The second-order valence-electron chi connectivity index (χ2n) is 5.48. The van der Waals surface area contributed by atoms with Crippen LogP contribution in [-0.4, -0.2) is 46.5 Å². The number of piperidine rings is 1. The van der Waals surface area contributed by atoms with Crippen LogP contribution >= 0.6 is 0 Å². The lowest BCUT2D eigenvalue weighted by atomic mass is 9.97. The van der Waals surface area contributed by atoms with E-state index in [0.717, 1.165) is 32.5 Å². The van der Waals surface area contributed by atoms with Crippen molar-refractivity contribution in [1.29, 1.82) is 0 Å². The molecule has 0 aromatic carbocycles. The molecule has 0 spiro atoms. The Morgan fingerprint density at radius 3 is 3.00 bits per heavy atom. The molecule has 1 atom stereocenters. The van der Waals surface area contributed by atoms with Gasteiger partial charge in [-0.15, -0.1) is 0 Å². The highest BCUT2D eigenvalue weighted by Gasteiger charge is 2.25. The number of H-pyrrole nitrogens is 2. The van der Waals surface area contributed by atoms with E-state index in [1.165, 1.54) is 6.20 Å². The van der Waals surface area contributed by atoms with E-state index in [0.29, 0.717) is 17.7 Å². The van der Waals surface area contributed by atoms with Crippen molar-refractivity contribution in [3.63, 3.8) is 0 Å². The number of rotatable bonds is 4. The van der Waals surface area contributed by atoms with Gasteiger partial charge >= 0.3 is 5.69 Å². The summed E-state index contributed by atoms with van der Waals surface area (Å²) in [5.41, 5.74) is 0.0147. The van der Waals surface area contributed by atoms with Crippen LogP contribution in [0.1, 0.15) is 37.2 Å². The summed E-state index contributed by atoms with van der Waals surface area (Å²) in [6.07, 6.45) is 3.61. The molecule has 1 aromatic rings. The molecule has 19 heavy (non-hydrogen) atoms. The third-order valence-corrected chi connectivity index (χ3v) is 3.45. The average molecular weight is 266 g/mol. The second kappa shape index (κ2) is 6.06. The molecule has 1 unspecified atom stereocenters. The number of nitrogens with zero attached hydrogens (tertiary/aromatic N) is 1. The van der Waals surface area contributed by atoms with Crippen molar-refractivity contribution in [2.24, 2.45) is 5.92 Å². The van der Waals surface area contributed by atoms with Gasteiger partial charge in [0, 0.05) is 25.3 Å². The molecule has 1 aliphatic rings. The van der Waals surface area contributed by atoms with Gasteiger partial charge in [-0.1, -0.05) is 13.8 Å². The van der Waals surface area contributed by atoms with Gasteiger partial charge in [0.15, 0.2) is 0 Å². The molecule has 0 bridgehead atoms. The number of carbonyl (C=O) groups excluding carboxylic acids is 1. The molecule has 0 saturated carbocycles. The fourth-order valence-electron chi connectivity index (χ4n) is 2.44. The number of carbonyl (C=O) groups is 1. The lowest BCUT2D eigenvalue weighted by Crippen LogP contribution is -2.43. The first-order chi connectivity index (χ1) is 9.06. The van der Waals surface area contributed by atoms with Gasteiger partial charge in [-0.3, -0.25) is 4.79 Å². The van der Waals surface area contributed by atoms with E-state index in [9.17, 15) is 9.59 Å². The van der Waals surface area contributed by atoms with Crippen LogP contribution in [0.3, 0.4) is 0 Å². The van der Waals surface area contributed by atoms with Crippen LogP contribution in [0.5, 0.6) is 0 Å². The van der Waals surface area contributed by atoms with Crippen molar-refractivity contribution in [3.05, 3.63) is 22.4 Å². The average Bonchev–Trinajstić information content (AvgIpc) is 2.82. The zero-order chi connectivity index (χ0) is 13.8. The number of likely N-dealkylation sites (tertiary alicyclic amines) is 1. The normalized spacial score (nSPS) is 19.9. The van der Waals surface area contributed by atoms with Crippen molar-refractivity contribution >= 4 is 5.91 Å². The van der Waals surface area contributed by atoms with E-state index in [-0.39, 0.29) is 11.6 Å². The van der Waals surface area contributed by atoms with Gasteiger partial charge in [0.2, 0.25) is 0 Å². The minimum atomic E-state index is -0.335. The molecule has 1 fully saturated rings. The number of hydrogen-bond donors (Lipinski definition) is 3. The van der Waals surface area contributed by atoms with Crippen LogP contribution in [-0.2, 0) is 0 Å². The highest BCUT2D eigenvalue weighted by molar-refractivity contribution is 5.92. The minimum absolute atomic E-state index is 0.0902. The Balaban J connectivity index is 1.93. The summed E-state index contributed by atoms with van der Waals surface area (Å²) in [5.74, 6) is 0.401. The molecule has 1 amide bonds. The third kappa shape index (κ3) is 3.70. The maximum atomic E-state index is 12.2. The number of nitrogens with one attached hydrogen (secondary N) is 3. The van der Waals surface area contributed by atoms with Gasteiger partial charge in [0.1, 0.15) is 5.69 Å². The Morgan fingerprint density at radius 2 is 2.37 bits per heavy atom. The number of amides is 1. The lowest BCUT2D eigenvalue weighted by Gasteiger charge is -2.33. The third-order valence-electron chi connectivity index (χ3n) is 3.45. The molecule has 1 aromatic heterocycles. The van der Waals surface area contributed by atoms with E-state index in [1.54, 1.807) is 0 Å². The van der Waals surface area contributed by atoms with Gasteiger partial charge in [-0.2, -0.15) is 0 Å². The molecule has 0 radical (unpaired) electrons. The van der Waals surface area contributed by atoms with E-state index < -0.39 is 0 Å². The summed E-state index contributed by atoms with van der Waals surface area (Å²) in [6, 6.07) is 0.465. The highest BCUT2D eigenvalue weighted by Crippen LogP contribution is 2.17. The zero-order valence-corrected chi connectivity index (χ0v) is 11.5. The number of aromatic nitrogens is 2. The fraction of sp³-hybridized carbons (Fsp3) is 0.692. The summed E-state index contributed by atoms with van der Waals surface area (Å²) < 4.78 is 0. The SMILES string of the molecule is CC(C)NCC1CCCN(C(=O)c2c[nH]c(=O)[nH]2)C1. The van der Waals surface area contributed by atoms with Gasteiger partial charge in [0.05, 0.1) is 0 Å². The van der Waals surface area contributed by atoms with Crippen molar-refractivity contribution in [3.8, 4) is 0 Å². The molecule has 1 aliphatic heterocycles. The molecule has 6 heteroatoms. The van der Waals surface area contributed by atoms with Crippen molar-refractivity contribution < 1.29 is 4.79 Å². The highest BCUT2D eigenvalue weighted by atomic mass is 16.2. The second-order valence-corrected chi connectivity index (χ2v) is 5.48.